The minimum atomic E-state index is -5.35. The third-order valence-electron chi connectivity index (χ3n) is 1.19. The lowest BCUT2D eigenvalue weighted by molar-refractivity contribution is -0.0539. The molecule has 1 aromatic heterocycles. The van der Waals surface area contributed by atoms with Crippen molar-refractivity contribution >= 4 is 10.1 Å². The molecule has 0 amide bonds. The Hall–Kier alpha value is -1.09. The van der Waals surface area contributed by atoms with Gasteiger partial charge in [0.15, 0.2) is 0 Å². The Bertz CT molecular complexity index is 386. The first-order valence-electron chi connectivity index (χ1n) is 4.08. The van der Waals surface area contributed by atoms with Gasteiger partial charge in [0.05, 0.1) is 12.9 Å². The van der Waals surface area contributed by atoms with Crippen molar-refractivity contribution in [3.05, 3.63) is 18.7 Å². The van der Waals surface area contributed by atoms with Crippen molar-refractivity contribution < 1.29 is 25.8 Å². The SMILES string of the molecule is CCOS(=O)(=O)C(F)(F)F.Cn1ccnc1. The maximum absolute atomic E-state index is 11.3. The van der Waals surface area contributed by atoms with Gasteiger partial charge in [-0.2, -0.15) is 21.6 Å². The number of imidazole rings is 1. The Morgan fingerprint density at radius 3 is 2.12 bits per heavy atom. The summed E-state index contributed by atoms with van der Waals surface area (Å²) in [5.74, 6) is 0. The van der Waals surface area contributed by atoms with Crippen molar-refractivity contribution in [2.45, 2.75) is 12.4 Å². The smallest absolute Gasteiger partial charge is 0.341 e. The van der Waals surface area contributed by atoms with Crippen molar-refractivity contribution in [2.24, 2.45) is 7.05 Å². The van der Waals surface area contributed by atoms with Crippen LogP contribution in [0.4, 0.5) is 13.2 Å². The van der Waals surface area contributed by atoms with Crippen LogP contribution in [0.25, 0.3) is 0 Å². The van der Waals surface area contributed by atoms with Crippen molar-refractivity contribution in [2.75, 3.05) is 6.61 Å². The van der Waals surface area contributed by atoms with E-state index in [1.54, 1.807) is 12.5 Å². The molecule has 0 aliphatic rings. The molecule has 9 heteroatoms. The molecule has 0 N–H and O–H groups in total. The Balaban J connectivity index is 0.000000315. The van der Waals surface area contributed by atoms with E-state index in [0.29, 0.717) is 0 Å². The molecule has 1 aromatic rings. The zero-order valence-electron chi connectivity index (χ0n) is 8.60. The number of rotatable bonds is 2. The molecule has 0 radical (unpaired) electrons. The van der Waals surface area contributed by atoms with Gasteiger partial charge in [-0.25, -0.2) is 4.98 Å². The van der Waals surface area contributed by atoms with Crippen LogP contribution < -0.4 is 0 Å². The molecule has 1 rings (SSSR count). The van der Waals surface area contributed by atoms with Crippen LogP contribution in [0.15, 0.2) is 18.7 Å². The lowest BCUT2D eigenvalue weighted by atomic mass is 10.9. The summed E-state index contributed by atoms with van der Waals surface area (Å²) in [5.41, 5.74) is -5.30. The van der Waals surface area contributed by atoms with Gasteiger partial charge >= 0.3 is 15.6 Å². The van der Waals surface area contributed by atoms with Gasteiger partial charge in [-0.05, 0) is 6.92 Å². The van der Waals surface area contributed by atoms with E-state index >= 15 is 0 Å². The lowest BCUT2D eigenvalue weighted by Gasteiger charge is -2.05. The number of halogens is 3. The molecule has 0 aromatic carbocycles. The molecule has 0 atom stereocenters. The molecule has 0 spiro atoms. The van der Waals surface area contributed by atoms with Gasteiger partial charge in [0.25, 0.3) is 0 Å². The maximum atomic E-state index is 11.3. The second-order valence-corrected chi connectivity index (χ2v) is 4.14. The van der Waals surface area contributed by atoms with Crippen LogP contribution in [-0.2, 0) is 21.3 Å². The Kier molecular flexibility index (Phi) is 5.45. The molecule has 0 saturated heterocycles. The van der Waals surface area contributed by atoms with E-state index < -0.39 is 22.2 Å². The van der Waals surface area contributed by atoms with Gasteiger partial charge in [-0.15, -0.1) is 0 Å². The molecular weight excluding hydrogens is 249 g/mol. The van der Waals surface area contributed by atoms with Gasteiger partial charge in [0.1, 0.15) is 0 Å². The number of aryl methyl sites for hydroxylation is 1. The van der Waals surface area contributed by atoms with Crippen LogP contribution in [0.3, 0.4) is 0 Å². The van der Waals surface area contributed by atoms with Crippen LogP contribution >= 0.6 is 0 Å². The second-order valence-electron chi connectivity index (χ2n) is 2.53. The van der Waals surface area contributed by atoms with Gasteiger partial charge in [-0.1, -0.05) is 0 Å². The predicted molar refractivity (Wildman–Crippen MR) is 49.8 cm³/mol. The van der Waals surface area contributed by atoms with Gasteiger partial charge in [-0.3, -0.25) is 4.18 Å². The average molecular weight is 260 g/mol. The third-order valence-corrected chi connectivity index (χ3v) is 2.31. The summed E-state index contributed by atoms with van der Waals surface area (Å²) in [4.78, 5) is 3.78. The molecule has 5 nitrogen and oxygen atoms in total. The fraction of sp³-hybridized carbons (Fsp3) is 0.571. The number of hydrogen-bond donors (Lipinski definition) is 0. The number of hydrogen-bond acceptors (Lipinski definition) is 4. The van der Waals surface area contributed by atoms with Crippen LogP contribution in [0, 0.1) is 0 Å². The minimum Gasteiger partial charge on any atom is -0.341 e. The first-order chi connectivity index (χ1) is 7.20. The van der Waals surface area contributed by atoms with E-state index in [1.165, 1.54) is 0 Å². The van der Waals surface area contributed by atoms with Crippen molar-refractivity contribution in [3.63, 3.8) is 0 Å². The summed E-state index contributed by atoms with van der Waals surface area (Å²) < 4.78 is 59.1. The van der Waals surface area contributed by atoms with E-state index in [4.69, 9.17) is 0 Å². The number of alkyl halides is 3. The summed E-state index contributed by atoms with van der Waals surface area (Å²) in [5, 5.41) is 0. The first-order valence-corrected chi connectivity index (χ1v) is 5.49. The van der Waals surface area contributed by atoms with E-state index in [1.807, 2.05) is 17.8 Å². The number of nitrogens with zero attached hydrogens (tertiary/aromatic N) is 2. The molecule has 0 bridgehead atoms. The molecule has 0 aliphatic heterocycles. The van der Waals surface area contributed by atoms with E-state index in [0.717, 1.165) is 6.92 Å². The van der Waals surface area contributed by atoms with Gasteiger partial charge in [0.2, 0.25) is 0 Å². The Morgan fingerprint density at radius 2 is 2.00 bits per heavy atom. The van der Waals surface area contributed by atoms with E-state index in [-0.39, 0.29) is 0 Å². The van der Waals surface area contributed by atoms with Crippen molar-refractivity contribution in [1.82, 2.24) is 9.55 Å². The summed E-state index contributed by atoms with van der Waals surface area (Å²) in [6, 6.07) is 0. The zero-order chi connectivity index (χ0) is 12.8. The summed E-state index contributed by atoms with van der Waals surface area (Å²) in [6.07, 6.45) is 5.39. The normalized spacial score (nSPS) is 11.8. The highest BCUT2D eigenvalue weighted by atomic mass is 32.2. The number of aromatic nitrogens is 2. The highest BCUT2D eigenvalue weighted by Gasteiger charge is 2.46. The summed E-state index contributed by atoms with van der Waals surface area (Å²) >= 11 is 0. The zero-order valence-corrected chi connectivity index (χ0v) is 9.42. The van der Waals surface area contributed by atoms with Crippen LogP contribution in [0.1, 0.15) is 6.92 Å². The fourth-order valence-electron chi connectivity index (χ4n) is 0.548. The standard InChI is InChI=1S/C4H6N2.C3H5F3O3S/c1-6-3-2-5-4-6;1-2-9-10(7,8)3(4,5)6/h2-4H,1H3;2H2,1H3. The van der Waals surface area contributed by atoms with E-state index in [9.17, 15) is 21.6 Å². The highest BCUT2D eigenvalue weighted by molar-refractivity contribution is 7.87. The quantitative estimate of drug-likeness (QED) is 0.594. The third kappa shape index (κ3) is 5.12. The molecule has 0 saturated carbocycles. The molecular formula is C7H11F3N2O3S. The largest absolute Gasteiger partial charge is 0.523 e. The molecule has 94 valence electrons. The van der Waals surface area contributed by atoms with Gasteiger partial charge < -0.3 is 4.57 Å². The average Bonchev–Trinajstić information content (AvgIpc) is 2.54. The summed E-state index contributed by atoms with van der Waals surface area (Å²) in [7, 11) is -3.41. The fourth-order valence-corrected chi connectivity index (χ4v) is 0.992. The molecule has 1 heterocycles. The first kappa shape index (κ1) is 14.9. The maximum Gasteiger partial charge on any atom is 0.523 e. The van der Waals surface area contributed by atoms with Crippen LogP contribution in [-0.4, -0.2) is 30.1 Å². The van der Waals surface area contributed by atoms with E-state index in [2.05, 4.69) is 9.17 Å². The van der Waals surface area contributed by atoms with Crippen LogP contribution in [0.5, 0.6) is 0 Å². The Morgan fingerprint density at radius 1 is 1.44 bits per heavy atom. The highest BCUT2D eigenvalue weighted by Crippen LogP contribution is 2.24. The topological polar surface area (TPSA) is 61.2 Å². The molecule has 0 fully saturated rings. The van der Waals surface area contributed by atoms with Gasteiger partial charge in [0, 0.05) is 19.4 Å². The molecule has 0 unspecified atom stereocenters. The molecule has 0 aliphatic carbocycles. The van der Waals surface area contributed by atoms with Crippen LogP contribution in [0.2, 0.25) is 0 Å². The monoisotopic (exact) mass is 260 g/mol. The summed E-state index contributed by atoms with van der Waals surface area (Å²) in [6.45, 7) is 0.644. The minimum absolute atomic E-state index is 0.512. The predicted octanol–water partition coefficient (Wildman–Crippen LogP) is 1.29. The second kappa shape index (κ2) is 5.85. The lowest BCUT2D eigenvalue weighted by Crippen LogP contribution is -2.25. The van der Waals surface area contributed by atoms with Crippen molar-refractivity contribution in [1.29, 1.82) is 0 Å². The van der Waals surface area contributed by atoms with Crippen molar-refractivity contribution in [3.8, 4) is 0 Å². The molecule has 16 heavy (non-hydrogen) atoms. The Labute approximate surface area is 91.0 Å².